The number of hydrogen-bond donors (Lipinski definition) is 1. The van der Waals surface area contributed by atoms with Crippen LogP contribution in [0.3, 0.4) is 0 Å². The van der Waals surface area contributed by atoms with Crippen LogP contribution < -0.4 is 14.8 Å². The summed E-state index contributed by atoms with van der Waals surface area (Å²) in [6.45, 7) is 3.53. The number of likely N-dealkylation sites (tertiary alicyclic amines) is 1. The number of ether oxygens (including phenoxy) is 2. The van der Waals surface area contributed by atoms with Crippen molar-refractivity contribution < 1.29 is 19.1 Å². The molecule has 0 unspecified atom stereocenters. The Morgan fingerprint density at radius 3 is 2.50 bits per heavy atom. The molecule has 28 heavy (non-hydrogen) atoms. The number of nitrogens with zero attached hydrogens (tertiary/aromatic N) is 3. The molecule has 0 radical (unpaired) electrons. The van der Waals surface area contributed by atoms with Crippen LogP contribution >= 0.6 is 0 Å². The minimum atomic E-state index is -0.242. The van der Waals surface area contributed by atoms with Crippen LogP contribution in [0.15, 0.2) is 42.9 Å². The molecule has 1 aliphatic rings. The number of hydrogen-bond acceptors (Lipinski definition) is 6. The van der Waals surface area contributed by atoms with Crippen molar-refractivity contribution >= 4 is 11.8 Å². The standard InChI is InChI=1S/C20H24N4O4/c1-2-27-17-5-3-4-6-18(17)28-14-19(25)24-11-7-15(8-12-24)23-20(26)16-13-21-9-10-22-16/h3-6,9-10,13,15H,2,7-8,11-12,14H2,1H3,(H,23,26). The van der Waals surface area contributed by atoms with Gasteiger partial charge in [0.05, 0.1) is 12.8 Å². The average Bonchev–Trinajstić information content (AvgIpc) is 2.74. The second-order valence-corrected chi connectivity index (χ2v) is 6.39. The van der Waals surface area contributed by atoms with Crippen molar-refractivity contribution in [3.05, 3.63) is 48.5 Å². The minimum Gasteiger partial charge on any atom is -0.490 e. The van der Waals surface area contributed by atoms with Gasteiger partial charge in [-0.25, -0.2) is 4.98 Å². The maximum Gasteiger partial charge on any atom is 0.271 e. The van der Waals surface area contributed by atoms with Crippen molar-refractivity contribution in [3.8, 4) is 11.5 Å². The van der Waals surface area contributed by atoms with Crippen LogP contribution in [-0.4, -0.2) is 59.0 Å². The number of nitrogens with one attached hydrogen (secondary N) is 1. The summed E-state index contributed by atoms with van der Waals surface area (Å²) in [6, 6.07) is 7.31. The molecule has 1 aliphatic heterocycles. The van der Waals surface area contributed by atoms with Gasteiger partial charge in [0, 0.05) is 31.5 Å². The summed E-state index contributed by atoms with van der Waals surface area (Å²) in [5.74, 6) is 0.866. The number of aromatic nitrogens is 2. The summed E-state index contributed by atoms with van der Waals surface area (Å²) in [6.07, 6.45) is 5.82. The molecule has 1 aromatic carbocycles. The summed E-state index contributed by atoms with van der Waals surface area (Å²) in [7, 11) is 0. The first kappa shape index (κ1) is 19.6. The van der Waals surface area contributed by atoms with E-state index in [1.807, 2.05) is 25.1 Å². The van der Waals surface area contributed by atoms with Crippen LogP contribution in [0.1, 0.15) is 30.3 Å². The van der Waals surface area contributed by atoms with Crippen molar-refractivity contribution in [2.24, 2.45) is 0 Å². The molecule has 8 heteroatoms. The number of rotatable bonds is 7. The highest BCUT2D eigenvalue weighted by Crippen LogP contribution is 2.26. The molecule has 0 bridgehead atoms. The Bertz CT molecular complexity index is 792. The highest BCUT2D eigenvalue weighted by atomic mass is 16.5. The quantitative estimate of drug-likeness (QED) is 0.781. The Kier molecular flexibility index (Phi) is 6.78. The molecule has 1 aromatic heterocycles. The Hall–Kier alpha value is -3.16. The zero-order chi connectivity index (χ0) is 19.8. The molecular formula is C20H24N4O4. The molecule has 1 saturated heterocycles. The van der Waals surface area contributed by atoms with E-state index < -0.39 is 0 Å². The molecule has 1 fully saturated rings. The molecule has 0 spiro atoms. The molecule has 2 aromatic rings. The molecule has 1 N–H and O–H groups in total. The molecule has 2 heterocycles. The number of para-hydroxylation sites is 2. The van der Waals surface area contributed by atoms with Gasteiger partial charge in [-0.05, 0) is 31.9 Å². The van der Waals surface area contributed by atoms with Crippen LogP contribution in [0.5, 0.6) is 11.5 Å². The average molecular weight is 384 g/mol. The highest BCUT2D eigenvalue weighted by Gasteiger charge is 2.25. The third-order valence-corrected chi connectivity index (χ3v) is 4.48. The van der Waals surface area contributed by atoms with Gasteiger partial charge in [-0.2, -0.15) is 0 Å². The van der Waals surface area contributed by atoms with E-state index >= 15 is 0 Å². The predicted molar refractivity (Wildman–Crippen MR) is 102 cm³/mol. The molecule has 3 rings (SSSR count). The van der Waals surface area contributed by atoms with Gasteiger partial charge in [-0.15, -0.1) is 0 Å². The van der Waals surface area contributed by atoms with Crippen LogP contribution in [0.2, 0.25) is 0 Å². The Morgan fingerprint density at radius 1 is 1.14 bits per heavy atom. The maximum atomic E-state index is 12.4. The molecule has 8 nitrogen and oxygen atoms in total. The largest absolute Gasteiger partial charge is 0.490 e. The smallest absolute Gasteiger partial charge is 0.271 e. The van der Waals surface area contributed by atoms with Gasteiger partial charge in [-0.1, -0.05) is 12.1 Å². The van der Waals surface area contributed by atoms with Gasteiger partial charge in [-0.3, -0.25) is 14.6 Å². The van der Waals surface area contributed by atoms with E-state index in [-0.39, 0.29) is 24.5 Å². The molecule has 148 valence electrons. The van der Waals surface area contributed by atoms with Crippen LogP contribution in [0.25, 0.3) is 0 Å². The van der Waals surface area contributed by atoms with E-state index in [9.17, 15) is 9.59 Å². The molecule has 2 amide bonds. The van der Waals surface area contributed by atoms with Crippen LogP contribution in [-0.2, 0) is 4.79 Å². The maximum absolute atomic E-state index is 12.4. The molecule has 0 atom stereocenters. The van der Waals surface area contributed by atoms with Gasteiger partial charge in [0.25, 0.3) is 11.8 Å². The monoisotopic (exact) mass is 384 g/mol. The fourth-order valence-electron chi connectivity index (χ4n) is 3.02. The number of carbonyl (C=O) groups excluding carboxylic acids is 2. The summed E-state index contributed by atoms with van der Waals surface area (Å²) >= 11 is 0. The number of carbonyl (C=O) groups is 2. The molecule has 0 aliphatic carbocycles. The third-order valence-electron chi connectivity index (χ3n) is 4.48. The lowest BCUT2D eigenvalue weighted by Gasteiger charge is -2.32. The minimum absolute atomic E-state index is 0.0122. The lowest BCUT2D eigenvalue weighted by Crippen LogP contribution is -2.47. The van der Waals surface area contributed by atoms with Gasteiger partial charge in [0.15, 0.2) is 18.1 Å². The fourth-order valence-corrected chi connectivity index (χ4v) is 3.02. The van der Waals surface area contributed by atoms with Crippen LogP contribution in [0, 0.1) is 0 Å². The van der Waals surface area contributed by atoms with Crippen molar-refractivity contribution in [1.82, 2.24) is 20.2 Å². The van der Waals surface area contributed by atoms with Crippen molar-refractivity contribution in [3.63, 3.8) is 0 Å². The SMILES string of the molecule is CCOc1ccccc1OCC(=O)N1CCC(NC(=O)c2cnccn2)CC1. The second kappa shape index (κ2) is 9.68. The van der Waals surface area contributed by atoms with E-state index in [1.165, 1.54) is 18.6 Å². The Labute approximate surface area is 163 Å². The summed E-state index contributed by atoms with van der Waals surface area (Å²) in [4.78, 5) is 34.2. The first-order valence-corrected chi connectivity index (χ1v) is 9.36. The van der Waals surface area contributed by atoms with Crippen molar-refractivity contribution in [2.75, 3.05) is 26.3 Å². The van der Waals surface area contributed by atoms with E-state index in [1.54, 1.807) is 11.0 Å². The third kappa shape index (κ3) is 5.18. The van der Waals surface area contributed by atoms with Crippen LogP contribution in [0.4, 0.5) is 0 Å². The summed E-state index contributed by atoms with van der Waals surface area (Å²) in [5.41, 5.74) is 0.294. The second-order valence-electron chi connectivity index (χ2n) is 6.39. The molecule has 0 saturated carbocycles. The number of benzene rings is 1. The Morgan fingerprint density at radius 2 is 1.86 bits per heavy atom. The number of piperidine rings is 1. The van der Waals surface area contributed by atoms with E-state index in [0.717, 1.165) is 0 Å². The topological polar surface area (TPSA) is 93.7 Å². The van der Waals surface area contributed by atoms with Gasteiger partial charge < -0.3 is 19.7 Å². The van der Waals surface area contributed by atoms with Gasteiger partial charge in [0.1, 0.15) is 5.69 Å². The van der Waals surface area contributed by atoms with Gasteiger partial charge >= 0.3 is 0 Å². The zero-order valence-corrected chi connectivity index (χ0v) is 15.8. The molecular weight excluding hydrogens is 360 g/mol. The van der Waals surface area contributed by atoms with Crippen molar-refractivity contribution in [2.45, 2.75) is 25.8 Å². The lowest BCUT2D eigenvalue weighted by atomic mass is 10.0. The van der Waals surface area contributed by atoms with E-state index in [2.05, 4.69) is 15.3 Å². The van der Waals surface area contributed by atoms with E-state index in [4.69, 9.17) is 9.47 Å². The normalized spacial score (nSPS) is 14.4. The predicted octanol–water partition coefficient (Wildman–Crippen LogP) is 1.68. The van der Waals surface area contributed by atoms with E-state index in [0.29, 0.717) is 49.7 Å². The van der Waals surface area contributed by atoms with Gasteiger partial charge in [0.2, 0.25) is 0 Å². The Balaban J connectivity index is 1.44. The number of amides is 2. The summed E-state index contributed by atoms with van der Waals surface area (Å²) < 4.78 is 11.2. The summed E-state index contributed by atoms with van der Waals surface area (Å²) in [5, 5.41) is 2.95. The fraction of sp³-hybridized carbons (Fsp3) is 0.400. The van der Waals surface area contributed by atoms with Crippen molar-refractivity contribution in [1.29, 1.82) is 0 Å². The first-order valence-electron chi connectivity index (χ1n) is 9.36. The lowest BCUT2D eigenvalue weighted by molar-refractivity contribution is -0.134. The first-order chi connectivity index (χ1) is 13.7. The highest BCUT2D eigenvalue weighted by molar-refractivity contribution is 5.92. The zero-order valence-electron chi connectivity index (χ0n) is 15.8.